The van der Waals surface area contributed by atoms with Crippen LogP contribution in [0.2, 0.25) is 0 Å². The highest BCUT2D eigenvalue weighted by Crippen LogP contribution is 2.01. The lowest BCUT2D eigenvalue weighted by Gasteiger charge is -2.07. The van der Waals surface area contributed by atoms with E-state index in [0.717, 1.165) is 0 Å². The summed E-state index contributed by atoms with van der Waals surface area (Å²) in [5, 5.41) is 34.2. The van der Waals surface area contributed by atoms with Gasteiger partial charge in [-0.15, -0.1) is 0 Å². The van der Waals surface area contributed by atoms with Crippen molar-refractivity contribution in [2.45, 2.75) is 64.1 Å². The number of hydrogen-bond donors (Lipinski definition) is 10. The molecular weight excluding hydrogens is 414 g/mol. The number of carboxylic acid groups (broad SMARTS) is 3. The molecule has 0 heterocycles. The second kappa shape index (κ2) is 19.0. The molecule has 1 amide bonds. The Labute approximate surface area is 181 Å². The molecule has 3 unspecified atom stereocenters. The Morgan fingerprint density at radius 3 is 1.55 bits per heavy atom. The molecule has 182 valence electrons. The summed E-state index contributed by atoms with van der Waals surface area (Å²) >= 11 is 0. The van der Waals surface area contributed by atoms with Gasteiger partial charge >= 0.3 is 17.9 Å². The summed E-state index contributed by atoms with van der Waals surface area (Å²) in [7, 11) is 0. The average molecular weight is 452 g/mol. The van der Waals surface area contributed by atoms with Crippen molar-refractivity contribution in [1.82, 2.24) is 5.32 Å². The van der Waals surface area contributed by atoms with Gasteiger partial charge in [-0.1, -0.05) is 13.8 Å². The van der Waals surface area contributed by atoms with Gasteiger partial charge in [0.15, 0.2) is 5.96 Å². The number of carboxylic acids is 3. The molecule has 0 aliphatic carbocycles. The summed E-state index contributed by atoms with van der Waals surface area (Å²) in [4.78, 5) is 40.5. The summed E-state index contributed by atoms with van der Waals surface area (Å²) in [5.74, 6) is -3.31. The van der Waals surface area contributed by atoms with Gasteiger partial charge in [0, 0.05) is 13.0 Å². The number of aliphatic carboxylic acids is 3. The molecule has 0 aromatic heterocycles. The first-order valence-corrected chi connectivity index (χ1v) is 9.43. The van der Waals surface area contributed by atoms with E-state index in [1.165, 1.54) is 0 Å². The van der Waals surface area contributed by atoms with Gasteiger partial charge in [-0.25, -0.2) is 0 Å². The molecule has 15 N–H and O–H groups in total. The number of rotatable bonds is 12. The second-order valence-electron chi connectivity index (χ2n) is 6.95. The number of carbonyl (C=O) groups is 4. The molecule has 0 spiro atoms. The third-order valence-electron chi connectivity index (χ3n) is 3.39. The van der Waals surface area contributed by atoms with Gasteiger partial charge in [-0.3, -0.25) is 24.6 Å². The van der Waals surface area contributed by atoms with Crippen LogP contribution >= 0.6 is 0 Å². The van der Waals surface area contributed by atoms with Crippen LogP contribution in [-0.2, 0) is 19.2 Å². The monoisotopic (exact) mass is 451 g/mol. The van der Waals surface area contributed by atoms with Crippen molar-refractivity contribution in [3.8, 4) is 0 Å². The molecule has 31 heavy (non-hydrogen) atoms. The first kappa shape index (κ1) is 32.7. The number of nitrogens with two attached hydrogens (primary N) is 5. The molecule has 0 aliphatic heterocycles. The van der Waals surface area contributed by atoms with Gasteiger partial charge in [-0.2, -0.15) is 0 Å². The topological polar surface area (TPSA) is 295 Å². The Morgan fingerprint density at radius 1 is 0.839 bits per heavy atom. The van der Waals surface area contributed by atoms with Crippen molar-refractivity contribution in [3.63, 3.8) is 0 Å². The van der Waals surface area contributed by atoms with Crippen molar-refractivity contribution >= 4 is 29.8 Å². The van der Waals surface area contributed by atoms with E-state index >= 15 is 0 Å². The molecule has 0 aromatic rings. The maximum absolute atomic E-state index is 10.2. The number of carbonyl (C=O) groups excluding carboxylic acids is 1. The lowest BCUT2D eigenvalue weighted by molar-refractivity contribution is -0.139. The van der Waals surface area contributed by atoms with Crippen LogP contribution in [0.3, 0.4) is 0 Å². The van der Waals surface area contributed by atoms with E-state index in [4.69, 9.17) is 49.4 Å². The van der Waals surface area contributed by atoms with Crippen molar-refractivity contribution in [3.05, 3.63) is 0 Å². The summed E-state index contributed by atoms with van der Waals surface area (Å²) < 4.78 is 0. The molecule has 0 saturated carbocycles. The van der Waals surface area contributed by atoms with E-state index in [9.17, 15) is 19.2 Å². The van der Waals surface area contributed by atoms with E-state index in [1.807, 2.05) is 13.8 Å². The van der Waals surface area contributed by atoms with Crippen LogP contribution < -0.4 is 34.0 Å². The highest BCUT2D eigenvalue weighted by atomic mass is 16.4. The number of guanidine groups is 1. The van der Waals surface area contributed by atoms with Crippen molar-refractivity contribution < 1.29 is 34.5 Å². The van der Waals surface area contributed by atoms with Crippen molar-refractivity contribution in [2.24, 2.45) is 34.6 Å². The van der Waals surface area contributed by atoms with Crippen LogP contribution in [0.25, 0.3) is 0 Å². The number of amides is 1. The predicted octanol–water partition coefficient (Wildman–Crippen LogP) is -2.23. The summed E-state index contributed by atoms with van der Waals surface area (Å²) in [5.41, 5.74) is 25.2. The first-order valence-electron chi connectivity index (χ1n) is 9.43. The molecule has 0 radical (unpaired) electrons. The minimum Gasteiger partial charge on any atom is -0.480 e. The fourth-order valence-electron chi connectivity index (χ4n) is 1.70. The van der Waals surface area contributed by atoms with Gasteiger partial charge in [0.25, 0.3) is 0 Å². The highest BCUT2D eigenvalue weighted by Gasteiger charge is 2.12. The summed E-state index contributed by atoms with van der Waals surface area (Å²) in [6, 6.07) is -2.49. The highest BCUT2D eigenvalue weighted by molar-refractivity contribution is 5.77. The number of primary amides is 1. The quantitative estimate of drug-likeness (QED) is 0.0856. The molecule has 0 bridgehead atoms. The van der Waals surface area contributed by atoms with E-state index in [1.54, 1.807) is 0 Å². The Balaban J connectivity index is -0.000000384. The summed E-state index contributed by atoms with van der Waals surface area (Å²) in [6.45, 7) is 4.38. The first-order chi connectivity index (χ1) is 14.1. The van der Waals surface area contributed by atoms with Gasteiger partial charge in [-0.05, 0) is 31.6 Å². The Hall–Kier alpha value is -2.97. The average Bonchev–Trinajstić information content (AvgIpc) is 2.63. The molecule has 0 rings (SSSR count). The Morgan fingerprint density at radius 2 is 1.26 bits per heavy atom. The molecule has 0 aliphatic rings. The van der Waals surface area contributed by atoms with Crippen LogP contribution in [-0.4, -0.2) is 69.8 Å². The van der Waals surface area contributed by atoms with E-state index in [0.29, 0.717) is 31.7 Å². The maximum Gasteiger partial charge on any atom is 0.320 e. The third-order valence-corrected chi connectivity index (χ3v) is 3.39. The zero-order valence-corrected chi connectivity index (χ0v) is 17.9. The second-order valence-corrected chi connectivity index (χ2v) is 6.95. The van der Waals surface area contributed by atoms with Crippen LogP contribution in [0.5, 0.6) is 0 Å². The molecule has 0 aromatic carbocycles. The van der Waals surface area contributed by atoms with Gasteiger partial charge in [0.2, 0.25) is 5.91 Å². The van der Waals surface area contributed by atoms with Crippen LogP contribution in [0, 0.1) is 11.3 Å². The van der Waals surface area contributed by atoms with Gasteiger partial charge in [0.05, 0.1) is 0 Å². The number of hydrogen-bond acceptors (Lipinski definition) is 8. The SMILES string of the molecule is CC(C)CC(N)C(=O)O.N=C(N)NCCCC(N)C(=O)O.NC(=O)CCC(N)C(=O)O. The smallest absolute Gasteiger partial charge is 0.320 e. The van der Waals surface area contributed by atoms with Crippen LogP contribution in [0.1, 0.15) is 46.0 Å². The number of nitrogens with one attached hydrogen (secondary N) is 2. The molecule has 14 nitrogen and oxygen atoms in total. The van der Waals surface area contributed by atoms with E-state index in [2.05, 4.69) is 5.32 Å². The third kappa shape index (κ3) is 27.0. The lowest BCUT2D eigenvalue weighted by Crippen LogP contribution is -2.34. The van der Waals surface area contributed by atoms with E-state index in [-0.39, 0.29) is 18.8 Å². The lowest BCUT2D eigenvalue weighted by atomic mass is 10.1. The fraction of sp³-hybridized carbons (Fsp3) is 0.706. The van der Waals surface area contributed by atoms with Gasteiger partial charge in [0.1, 0.15) is 18.1 Å². The molecule has 3 atom stereocenters. The molecule has 0 saturated heterocycles. The standard InChI is InChI=1S/C6H14N4O2.C6H13NO2.C5H10N2O3/c7-4(5(11)12)2-1-3-10-6(8)9;1-4(2)3-5(7)6(8)9;6-3(5(9)10)1-2-4(7)8/h4H,1-3,7H2,(H,11,12)(H4,8,9,10);4-5H,3,7H2,1-2H3,(H,8,9);3H,1-2,6H2,(H2,7,8)(H,9,10). The van der Waals surface area contributed by atoms with Crippen molar-refractivity contribution in [1.29, 1.82) is 5.41 Å². The zero-order valence-electron chi connectivity index (χ0n) is 17.9. The van der Waals surface area contributed by atoms with Crippen LogP contribution in [0.4, 0.5) is 0 Å². The normalized spacial score (nSPS) is 12.7. The predicted molar refractivity (Wildman–Crippen MR) is 114 cm³/mol. The largest absolute Gasteiger partial charge is 0.480 e. The molecular formula is C17H37N7O7. The molecule has 14 heteroatoms. The van der Waals surface area contributed by atoms with Crippen molar-refractivity contribution in [2.75, 3.05) is 6.54 Å². The van der Waals surface area contributed by atoms with Crippen LogP contribution in [0.15, 0.2) is 0 Å². The zero-order chi connectivity index (χ0) is 25.1. The Bertz CT molecular complexity index is 573. The van der Waals surface area contributed by atoms with E-state index < -0.39 is 41.9 Å². The molecule has 0 fully saturated rings. The minimum absolute atomic E-state index is 0.0213. The maximum atomic E-state index is 10.2. The minimum atomic E-state index is -1.11. The van der Waals surface area contributed by atoms with Gasteiger partial charge < -0.3 is 49.3 Å². The summed E-state index contributed by atoms with van der Waals surface area (Å²) in [6.07, 6.45) is 1.65. The Kier molecular flexibility index (Phi) is 20.1. The fourth-order valence-corrected chi connectivity index (χ4v) is 1.70.